The quantitative estimate of drug-likeness (QED) is 0.387. The Labute approximate surface area is 247 Å². The number of halogens is 1. The molecule has 0 radical (unpaired) electrons. The van der Waals surface area contributed by atoms with Crippen molar-refractivity contribution in [2.24, 2.45) is 5.92 Å². The van der Waals surface area contributed by atoms with Crippen molar-refractivity contribution in [3.8, 4) is 5.69 Å². The summed E-state index contributed by atoms with van der Waals surface area (Å²) in [6.45, 7) is 12.8. The third-order valence-corrected chi connectivity index (χ3v) is 9.11. The van der Waals surface area contributed by atoms with E-state index in [4.69, 9.17) is 0 Å². The van der Waals surface area contributed by atoms with Crippen molar-refractivity contribution < 1.29 is 18.8 Å². The first-order valence-electron chi connectivity index (χ1n) is 15.2. The Balaban J connectivity index is 1.50. The largest absolute Gasteiger partial charge is 0.339 e. The zero-order valence-corrected chi connectivity index (χ0v) is 25.5. The summed E-state index contributed by atoms with van der Waals surface area (Å²) in [4.78, 5) is 49.1. The van der Waals surface area contributed by atoms with Crippen molar-refractivity contribution in [1.82, 2.24) is 24.7 Å². The Morgan fingerprint density at radius 2 is 1.90 bits per heavy atom. The predicted molar refractivity (Wildman–Crippen MR) is 161 cm³/mol. The number of hydrogen-bond donors (Lipinski definition) is 1. The summed E-state index contributed by atoms with van der Waals surface area (Å²) in [5, 5.41) is 4.14. The van der Waals surface area contributed by atoms with Gasteiger partial charge in [-0.25, -0.2) is 4.39 Å². The van der Waals surface area contributed by atoms with Crippen LogP contribution in [0.5, 0.6) is 0 Å². The molecule has 0 aliphatic carbocycles. The van der Waals surface area contributed by atoms with Gasteiger partial charge in [-0.1, -0.05) is 0 Å². The first kappa shape index (κ1) is 29.9. The number of nitrogens with zero attached hydrogens (tertiary/aromatic N) is 4. The Kier molecular flexibility index (Phi) is 8.51. The summed E-state index contributed by atoms with van der Waals surface area (Å²) in [5.41, 5.74) is 2.72. The molecule has 4 heterocycles. The van der Waals surface area contributed by atoms with Crippen LogP contribution in [0, 0.1) is 18.7 Å². The molecular formula is C33H42FN5O3. The topological polar surface area (TPSA) is 87.5 Å². The first-order valence-corrected chi connectivity index (χ1v) is 15.2. The lowest BCUT2D eigenvalue weighted by atomic mass is 9.84. The molecule has 1 N–H and O–H groups in total. The van der Waals surface area contributed by atoms with E-state index in [0.717, 1.165) is 18.2 Å². The number of amides is 2. The van der Waals surface area contributed by atoms with Gasteiger partial charge in [-0.15, -0.1) is 0 Å². The van der Waals surface area contributed by atoms with Crippen molar-refractivity contribution in [2.75, 3.05) is 13.1 Å². The number of benzene rings is 1. The van der Waals surface area contributed by atoms with E-state index in [1.165, 1.54) is 12.1 Å². The van der Waals surface area contributed by atoms with Gasteiger partial charge in [-0.05, 0) is 91.5 Å². The second-order valence-corrected chi connectivity index (χ2v) is 12.2. The molecule has 0 bridgehead atoms. The second kappa shape index (κ2) is 12.0. The van der Waals surface area contributed by atoms with Gasteiger partial charge in [0.2, 0.25) is 5.91 Å². The minimum absolute atomic E-state index is 0.0290. The van der Waals surface area contributed by atoms with E-state index < -0.39 is 5.82 Å². The Bertz CT molecular complexity index is 1510. The van der Waals surface area contributed by atoms with Crippen LogP contribution < -0.4 is 5.32 Å². The van der Waals surface area contributed by atoms with Crippen molar-refractivity contribution >= 4 is 28.5 Å². The minimum Gasteiger partial charge on any atom is -0.339 e. The molecule has 9 heteroatoms. The lowest BCUT2D eigenvalue weighted by molar-refractivity contribution is -0.136. The molecule has 2 fully saturated rings. The zero-order valence-electron chi connectivity index (χ0n) is 25.5. The van der Waals surface area contributed by atoms with E-state index in [2.05, 4.69) is 17.2 Å². The highest BCUT2D eigenvalue weighted by Crippen LogP contribution is 2.35. The van der Waals surface area contributed by atoms with Crippen LogP contribution in [0.15, 0.2) is 36.7 Å². The molecule has 2 aromatic heterocycles. The second-order valence-electron chi connectivity index (χ2n) is 12.2. The van der Waals surface area contributed by atoms with Crippen molar-refractivity contribution in [3.63, 3.8) is 0 Å². The number of aromatic nitrogens is 2. The zero-order chi connectivity index (χ0) is 30.3. The van der Waals surface area contributed by atoms with Gasteiger partial charge < -0.3 is 19.7 Å². The maximum atomic E-state index is 14.5. The summed E-state index contributed by atoms with van der Waals surface area (Å²) in [5.74, 6) is -0.842. The molecule has 0 unspecified atom stereocenters. The van der Waals surface area contributed by atoms with Crippen LogP contribution in [0.25, 0.3) is 16.6 Å². The molecule has 0 saturated carbocycles. The predicted octanol–water partition coefficient (Wildman–Crippen LogP) is 5.29. The molecule has 42 heavy (non-hydrogen) atoms. The summed E-state index contributed by atoms with van der Waals surface area (Å²) >= 11 is 0. The number of rotatable bonds is 7. The molecule has 224 valence electrons. The van der Waals surface area contributed by atoms with Crippen LogP contribution in [-0.2, 0) is 4.79 Å². The molecule has 3 aromatic rings. The highest BCUT2D eigenvalue weighted by molar-refractivity contribution is 6.11. The standard InChI is InChI=1S/C33H42FN5O3/c1-7-37(19(2)3)32(41)26-17-24(34)9-11-28(26)39-22(6)30(25-12-14-35-18-29(25)39)31(40)23-13-15-38(21(5)16-23)33(42)27-10-8-20(4)36-27/h9,11-12,14,17-21,23,27,36H,7-8,10,13,15-16H2,1-6H3/t20-,21-,23+,27-/m0/s1. The van der Waals surface area contributed by atoms with Gasteiger partial charge in [0.25, 0.3) is 5.91 Å². The van der Waals surface area contributed by atoms with Crippen LogP contribution in [0.3, 0.4) is 0 Å². The summed E-state index contributed by atoms with van der Waals surface area (Å²) < 4.78 is 16.4. The lowest BCUT2D eigenvalue weighted by Gasteiger charge is -2.38. The van der Waals surface area contributed by atoms with E-state index >= 15 is 0 Å². The first-order chi connectivity index (χ1) is 20.0. The molecule has 2 aliphatic rings. The molecule has 4 atom stereocenters. The molecule has 2 aliphatic heterocycles. The van der Waals surface area contributed by atoms with E-state index in [1.807, 2.05) is 50.2 Å². The summed E-state index contributed by atoms with van der Waals surface area (Å²) in [6, 6.07) is 6.14. The van der Waals surface area contributed by atoms with Crippen molar-refractivity contribution in [1.29, 1.82) is 0 Å². The van der Waals surface area contributed by atoms with Crippen LogP contribution in [0.2, 0.25) is 0 Å². The van der Waals surface area contributed by atoms with E-state index in [-0.39, 0.29) is 47.2 Å². The number of piperidine rings is 1. The van der Waals surface area contributed by atoms with Crippen LogP contribution in [0.4, 0.5) is 4.39 Å². The molecular weight excluding hydrogens is 533 g/mol. The Hall–Kier alpha value is -3.59. The van der Waals surface area contributed by atoms with Crippen molar-refractivity contribution in [3.05, 3.63) is 59.3 Å². The molecule has 2 saturated heterocycles. The molecule has 1 aromatic carbocycles. The van der Waals surface area contributed by atoms with Crippen LogP contribution >= 0.6 is 0 Å². The number of fused-ring (bicyclic) bond motifs is 1. The molecule has 2 amide bonds. The van der Waals surface area contributed by atoms with Gasteiger partial charge in [-0.3, -0.25) is 19.4 Å². The number of pyridine rings is 1. The monoisotopic (exact) mass is 575 g/mol. The van der Waals surface area contributed by atoms with Gasteiger partial charge in [0.15, 0.2) is 5.78 Å². The van der Waals surface area contributed by atoms with Gasteiger partial charge in [0.1, 0.15) is 5.82 Å². The smallest absolute Gasteiger partial charge is 0.256 e. The fraction of sp³-hybridized carbons (Fsp3) is 0.515. The fourth-order valence-corrected chi connectivity index (χ4v) is 6.92. The Morgan fingerprint density at radius 1 is 1.14 bits per heavy atom. The maximum Gasteiger partial charge on any atom is 0.256 e. The fourth-order valence-electron chi connectivity index (χ4n) is 6.92. The molecule has 5 rings (SSSR count). The number of likely N-dealkylation sites (tertiary alicyclic amines) is 1. The number of hydrogen-bond acceptors (Lipinski definition) is 5. The number of nitrogens with one attached hydrogen (secondary N) is 1. The van der Waals surface area contributed by atoms with Crippen LogP contribution in [-0.4, -0.2) is 74.2 Å². The number of carbonyl (C=O) groups excluding carboxylic acids is 3. The molecule has 8 nitrogen and oxygen atoms in total. The van der Waals surface area contributed by atoms with Gasteiger partial charge in [0.05, 0.1) is 29.0 Å². The highest BCUT2D eigenvalue weighted by atomic mass is 19.1. The average Bonchev–Trinajstić information content (AvgIpc) is 3.52. The minimum atomic E-state index is -0.497. The van der Waals surface area contributed by atoms with E-state index in [9.17, 15) is 18.8 Å². The number of Topliss-reactive ketones (excluding diaryl/α,β-unsaturated/α-hetero) is 1. The number of ketones is 1. The summed E-state index contributed by atoms with van der Waals surface area (Å²) in [6.07, 6.45) is 6.37. The number of carbonyl (C=O) groups is 3. The summed E-state index contributed by atoms with van der Waals surface area (Å²) in [7, 11) is 0. The van der Waals surface area contributed by atoms with E-state index in [1.54, 1.807) is 23.4 Å². The molecule has 0 spiro atoms. The average molecular weight is 576 g/mol. The lowest BCUT2D eigenvalue weighted by Crippen LogP contribution is -2.52. The Morgan fingerprint density at radius 3 is 2.55 bits per heavy atom. The maximum absolute atomic E-state index is 14.5. The van der Waals surface area contributed by atoms with Crippen molar-refractivity contribution in [2.45, 2.75) is 91.4 Å². The van der Waals surface area contributed by atoms with Gasteiger partial charge in [-0.2, -0.15) is 0 Å². The highest BCUT2D eigenvalue weighted by Gasteiger charge is 2.38. The third kappa shape index (κ3) is 5.35. The SMILES string of the molecule is CCN(C(=O)c1cc(F)ccc1-n1c(C)c(C(=O)[C@@H]2CCN(C(=O)[C@@H]3CC[C@H](C)N3)[C@@H](C)C2)c2ccncc21)C(C)C. The van der Waals surface area contributed by atoms with E-state index in [0.29, 0.717) is 54.4 Å². The van der Waals surface area contributed by atoms with Gasteiger partial charge in [0, 0.05) is 60.0 Å². The van der Waals surface area contributed by atoms with Gasteiger partial charge >= 0.3 is 0 Å². The normalized spacial score (nSPS) is 22.6. The third-order valence-electron chi connectivity index (χ3n) is 9.11. The van der Waals surface area contributed by atoms with Crippen LogP contribution in [0.1, 0.15) is 86.7 Å².